The lowest BCUT2D eigenvalue weighted by molar-refractivity contribution is 0.431. The van der Waals surface area contributed by atoms with Gasteiger partial charge in [0.05, 0.1) is 11.2 Å². The Hall–Kier alpha value is -4.24. The number of nitrogens with zero attached hydrogens (tertiary/aromatic N) is 4. The van der Waals surface area contributed by atoms with Gasteiger partial charge in [0.25, 0.3) is 15.9 Å². The van der Waals surface area contributed by atoms with Crippen molar-refractivity contribution in [3.63, 3.8) is 0 Å². The van der Waals surface area contributed by atoms with Crippen LogP contribution in [0.1, 0.15) is 22.3 Å². The zero-order valence-corrected chi connectivity index (χ0v) is 21.0. The number of aryl methyl sites for hydroxylation is 3. The fraction of sp³-hybridized carbons (Fsp3) is 0.148. The molecule has 0 aliphatic carbocycles. The summed E-state index contributed by atoms with van der Waals surface area (Å²) in [5, 5.41) is 4.08. The highest BCUT2D eigenvalue weighted by molar-refractivity contribution is 7.92. The maximum absolute atomic E-state index is 12.7. The first-order chi connectivity index (χ1) is 17.3. The largest absolute Gasteiger partial charge is 0.332 e. The molecule has 9 heteroatoms. The van der Waals surface area contributed by atoms with Crippen molar-refractivity contribution in [2.75, 3.05) is 4.72 Å². The van der Waals surface area contributed by atoms with Gasteiger partial charge in [-0.15, -0.1) is 0 Å². The number of aromatic nitrogens is 4. The van der Waals surface area contributed by atoms with Crippen LogP contribution in [0.3, 0.4) is 0 Å². The molecular weight excluding hydrogens is 474 g/mol. The summed E-state index contributed by atoms with van der Waals surface area (Å²) in [6.07, 6.45) is 3.53. The van der Waals surface area contributed by atoms with Crippen molar-refractivity contribution in [1.29, 1.82) is 0 Å². The maximum Gasteiger partial charge on any atom is 0.278 e. The minimum absolute atomic E-state index is 0.243. The molecule has 0 spiro atoms. The molecule has 0 atom stereocenters. The number of rotatable bonds is 7. The van der Waals surface area contributed by atoms with E-state index in [0.29, 0.717) is 29.6 Å². The second kappa shape index (κ2) is 9.43. The molecule has 0 bridgehead atoms. The number of hydrogen-bond donors (Lipinski definition) is 1. The molecule has 0 aliphatic heterocycles. The Morgan fingerprint density at radius 2 is 1.75 bits per heavy atom. The maximum atomic E-state index is 12.7. The molecule has 0 saturated carbocycles. The van der Waals surface area contributed by atoms with Crippen LogP contribution < -0.4 is 4.72 Å². The number of anilines is 1. The third kappa shape index (κ3) is 5.06. The van der Waals surface area contributed by atoms with Gasteiger partial charge < -0.3 is 9.09 Å². The van der Waals surface area contributed by atoms with E-state index in [1.807, 2.05) is 74.0 Å². The van der Waals surface area contributed by atoms with Crippen LogP contribution in [-0.2, 0) is 16.6 Å². The molecule has 182 valence electrons. The third-order valence-corrected chi connectivity index (χ3v) is 7.29. The monoisotopic (exact) mass is 499 g/mol. The van der Waals surface area contributed by atoms with E-state index in [9.17, 15) is 8.42 Å². The predicted octanol–water partition coefficient (Wildman–Crippen LogP) is 5.37. The Morgan fingerprint density at radius 3 is 2.50 bits per heavy atom. The van der Waals surface area contributed by atoms with E-state index in [2.05, 4.69) is 19.8 Å². The van der Waals surface area contributed by atoms with Crippen LogP contribution in [0.15, 0.2) is 88.7 Å². The Balaban J connectivity index is 1.26. The van der Waals surface area contributed by atoms with Crippen molar-refractivity contribution in [3.8, 4) is 23.0 Å². The highest BCUT2D eigenvalue weighted by atomic mass is 32.2. The predicted molar refractivity (Wildman–Crippen MR) is 138 cm³/mol. The molecule has 36 heavy (non-hydrogen) atoms. The van der Waals surface area contributed by atoms with E-state index in [0.717, 1.165) is 27.8 Å². The van der Waals surface area contributed by atoms with Crippen LogP contribution in [0.4, 0.5) is 5.69 Å². The summed E-state index contributed by atoms with van der Waals surface area (Å²) in [6.45, 7) is 6.41. The number of imidazole rings is 1. The van der Waals surface area contributed by atoms with Crippen LogP contribution in [-0.4, -0.2) is 28.1 Å². The summed E-state index contributed by atoms with van der Waals surface area (Å²) in [5.74, 6) is 0.864. The number of hydrogen-bond acceptors (Lipinski definition) is 6. The van der Waals surface area contributed by atoms with Crippen LogP contribution in [0.25, 0.3) is 23.0 Å². The van der Waals surface area contributed by atoms with E-state index < -0.39 is 10.0 Å². The number of sulfonamides is 1. The van der Waals surface area contributed by atoms with Gasteiger partial charge >= 0.3 is 0 Å². The lowest BCUT2D eigenvalue weighted by atomic mass is 10.1. The second-order valence-electron chi connectivity index (χ2n) is 8.77. The molecule has 2 heterocycles. The van der Waals surface area contributed by atoms with Crippen molar-refractivity contribution < 1.29 is 12.9 Å². The third-order valence-electron chi connectivity index (χ3n) is 5.91. The molecule has 2 aromatic heterocycles. The van der Waals surface area contributed by atoms with E-state index in [1.165, 1.54) is 0 Å². The van der Waals surface area contributed by atoms with Crippen molar-refractivity contribution in [3.05, 3.63) is 102 Å². The number of benzene rings is 3. The molecule has 5 rings (SSSR count). The Bertz CT molecular complexity index is 1640. The topological polar surface area (TPSA) is 103 Å². The summed E-state index contributed by atoms with van der Waals surface area (Å²) in [6, 6.07) is 20.2. The zero-order chi connectivity index (χ0) is 25.3. The van der Waals surface area contributed by atoms with Gasteiger partial charge in [0, 0.05) is 24.0 Å². The molecular formula is C27H25N5O3S. The van der Waals surface area contributed by atoms with Crippen molar-refractivity contribution >= 4 is 15.7 Å². The molecule has 3 aromatic carbocycles. The van der Waals surface area contributed by atoms with E-state index in [1.54, 1.807) is 30.6 Å². The van der Waals surface area contributed by atoms with Gasteiger partial charge in [0.2, 0.25) is 5.82 Å². The van der Waals surface area contributed by atoms with Crippen molar-refractivity contribution in [2.45, 2.75) is 32.2 Å². The van der Waals surface area contributed by atoms with Crippen LogP contribution >= 0.6 is 0 Å². The zero-order valence-electron chi connectivity index (χ0n) is 20.1. The van der Waals surface area contributed by atoms with Gasteiger partial charge in [-0.05, 0) is 67.8 Å². The van der Waals surface area contributed by atoms with Crippen LogP contribution in [0.2, 0.25) is 0 Å². The van der Waals surface area contributed by atoms with Gasteiger partial charge in [-0.25, -0.2) is 13.4 Å². The molecule has 0 unspecified atom stereocenters. The molecule has 0 fully saturated rings. The van der Waals surface area contributed by atoms with Crippen molar-refractivity contribution in [1.82, 2.24) is 19.7 Å². The molecule has 0 radical (unpaired) electrons. The highest BCUT2D eigenvalue weighted by Gasteiger charge is 2.16. The van der Waals surface area contributed by atoms with Gasteiger partial charge in [0.15, 0.2) is 0 Å². The van der Waals surface area contributed by atoms with E-state index in [4.69, 9.17) is 4.52 Å². The molecule has 0 aliphatic rings. The van der Waals surface area contributed by atoms with Crippen molar-refractivity contribution in [2.24, 2.45) is 0 Å². The normalized spacial score (nSPS) is 11.5. The Morgan fingerprint density at radius 1 is 0.944 bits per heavy atom. The molecule has 8 nitrogen and oxygen atoms in total. The fourth-order valence-corrected chi connectivity index (χ4v) is 4.91. The average Bonchev–Trinajstić information content (AvgIpc) is 3.52. The molecule has 0 saturated heterocycles. The average molecular weight is 500 g/mol. The first kappa shape index (κ1) is 23.5. The van der Waals surface area contributed by atoms with Crippen LogP contribution in [0.5, 0.6) is 0 Å². The first-order valence-electron chi connectivity index (χ1n) is 11.4. The lowest BCUT2D eigenvalue weighted by Gasteiger charge is -2.10. The van der Waals surface area contributed by atoms with Crippen LogP contribution in [0, 0.1) is 20.8 Å². The summed E-state index contributed by atoms with van der Waals surface area (Å²) < 4.78 is 35.5. The van der Waals surface area contributed by atoms with Gasteiger partial charge in [-0.3, -0.25) is 4.72 Å². The second-order valence-corrected chi connectivity index (χ2v) is 10.5. The minimum Gasteiger partial charge on any atom is -0.332 e. The van der Waals surface area contributed by atoms with Gasteiger partial charge in [0.1, 0.15) is 5.69 Å². The molecule has 1 N–H and O–H groups in total. The van der Waals surface area contributed by atoms with E-state index >= 15 is 0 Å². The molecule has 5 aromatic rings. The lowest BCUT2D eigenvalue weighted by Crippen LogP contribution is -2.13. The van der Waals surface area contributed by atoms with Gasteiger partial charge in [-0.2, -0.15) is 4.98 Å². The molecule has 0 amide bonds. The summed E-state index contributed by atoms with van der Waals surface area (Å²) in [7, 11) is -3.66. The quantitative estimate of drug-likeness (QED) is 0.323. The SMILES string of the molecule is Cc1cccc(-c2noc(-c3cn(Cc4ccc(NS(=O)(=O)c5ccc(C)c(C)c5)cc4)cn3)n2)c1. The fourth-order valence-electron chi connectivity index (χ4n) is 3.77. The summed E-state index contributed by atoms with van der Waals surface area (Å²) in [5.41, 5.74) is 6.05. The highest BCUT2D eigenvalue weighted by Crippen LogP contribution is 2.23. The Labute approximate surface area is 209 Å². The summed E-state index contributed by atoms with van der Waals surface area (Å²) >= 11 is 0. The number of nitrogens with one attached hydrogen (secondary N) is 1. The standard InChI is InChI=1S/C27H25N5O3S/c1-18-5-4-6-22(13-18)26-29-27(35-30-26)25-16-32(17-28-25)15-21-8-10-23(11-9-21)31-36(33,34)24-12-7-19(2)20(3)14-24/h4-14,16-17,31H,15H2,1-3H3. The first-order valence-corrected chi connectivity index (χ1v) is 12.9. The van der Waals surface area contributed by atoms with E-state index in [-0.39, 0.29) is 4.90 Å². The van der Waals surface area contributed by atoms with Gasteiger partial charge in [-0.1, -0.05) is 47.1 Å². The summed E-state index contributed by atoms with van der Waals surface area (Å²) in [4.78, 5) is 9.11. The minimum atomic E-state index is -3.66. The Kier molecular flexibility index (Phi) is 6.15. The smallest absolute Gasteiger partial charge is 0.278 e.